The fraction of sp³-hybridized carbons (Fsp3) is 1.00. The summed E-state index contributed by atoms with van der Waals surface area (Å²) in [5.74, 6) is -0.0964. The van der Waals surface area contributed by atoms with E-state index >= 15 is 0 Å². The van der Waals surface area contributed by atoms with Gasteiger partial charge < -0.3 is 10.0 Å². The van der Waals surface area contributed by atoms with E-state index in [1.165, 1.54) is 0 Å². The standard InChI is InChI=1S/C5H12O3S.BH3O2/c1-2-3-4-5-9(6,7)8;2-1-3/h2-5H2,1H3,(H,6,7,8);1-3H. The Balaban J connectivity index is 0. The van der Waals surface area contributed by atoms with E-state index in [9.17, 15) is 8.42 Å². The molecular formula is C5H15BO5S. The maximum atomic E-state index is 10.1. The van der Waals surface area contributed by atoms with Crippen LogP contribution in [0.1, 0.15) is 26.2 Å². The molecule has 0 fully saturated rings. The second kappa shape index (κ2) is 8.99. The van der Waals surface area contributed by atoms with Gasteiger partial charge in [0.05, 0.1) is 5.75 Å². The third kappa shape index (κ3) is 22.5. The zero-order valence-electron chi connectivity index (χ0n) is 7.10. The van der Waals surface area contributed by atoms with Gasteiger partial charge in [0.1, 0.15) is 0 Å². The van der Waals surface area contributed by atoms with Gasteiger partial charge >= 0.3 is 7.69 Å². The molecule has 0 atom stereocenters. The van der Waals surface area contributed by atoms with Crippen LogP contribution in [0.15, 0.2) is 0 Å². The Morgan fingerprint density at radius 2 is 1.67 bits per heavy atom. The number of unbranched alkanes of at least 4 members (excludes halogenated alkanes) is 2. The van der Waals surface area contributed by atoms with E-state index in [1.54, 1.807) is 0 Å². The Morgan fingerprint density at radius 1 is 1.25 bits per heavy atom. The fourth-order valence-electron chi connectivity index (χ4n) is 0.534. The molecule has 0 aliphatic heterocycles. The average Bonchev–Trinajstić information content (AvgIpc) is 1.87. The second-order valence-electron chi connectivity index (χ2n) is 2.13. The Kier molecular flexibility index (Phi) is 10.8. The monoisotopic (exact) mass is 198 g/mol. The van der Waals surface area contributed by atoms with Crippen molar-refractivity contribution in [3.63, 3.8) is 0 Å². The highest BCUT2D eigenvalue weighted by atomic mass is 32.2. The molecule has 0 aromatic rings. The van der Waals surface area contributed by atoms with Crippen molar-refractivity contribution in [2.24, 2.45) is 0 Å². The van der Waals surface area contributed by atoms with Crippen LogP contribution >= 0.6 is 0 Å². The van der Waals surface area contributed by atoms with Gasteiger partial charge in [0.15, 0.2) is 0 Å². The van der Waals surface area contributed by atoms with Gasteiger partial charge in [-0.15, -0.1) is 0 Å². The van der Waals surface area contributed by atoms with Crippen LogP contribution in [0.4, 0.5) is 0 Å². The molecule has 0 aliphatic rings. The van der Waals surface area contributed by atoms with Crippen LogP contribution in [0.5, 0.6) is 0 Å². The molecule has 12 heavy (non-hydrogen) atoms. The molecule has 0 saturated carbocycles. The molecule has 74 valence electrons. The van der Waals surface area contributed by atoms with Crippen LogP contribution < -0.4 is 0 Å². The third-order valence-electron chi connectivity index (χ3n) is 1.01. The SMILES string of the molecule is CCCCCS(=O)(=O)O.OBO. The summed E-state index contributed by atoms with van der Waals surface area (Å²) in [7, 11) is -4.45. The molecular weight excluding hydrogens is 183 g/mol. The van der Waals surface area contributed by atoms with Crippen molar-refractivity contribution in [3.05, 3.63) is 0 Å². The summed E-state index contributed by atoms with van der Waals surface area (Å²) in [4.78, 5) is 0. The van der Waals surface area contributed by atoms with Crippen molar-refractivity contribution in [2.75, 3.05) is 5.75 Å². The molecule has 0 amide bonds. The molecule has 0 aliphatic carbocycles. The predicted molar refractivity (Wildman–Crippen MR) is 47.5 cm³/mol. The minimum Gasteiger partial charge on any atom is -0.430 e. The Hall–Kier alpha value is -0.105. The minimum atomic E-state index is -3.70. The molecule has 0 bridgehead atoms. The molecule has 3 N–H and O–H groups in total. The van der Waals surface area contributed by atoms with Gasteiger partial charge in [-0.25, -0.2) is 0 Å². The molecule has 0 aromatic heterocycles. The van der Waals surface area contributed by atoms with Gasteiger partial charge in [-0.2, -0.15) is 8.42 Å². The van der Waals surface area contributed by atoms with E-state index in [4.69, 9.17) is 14.6 Å². The lowest BCUT2D eigenvalue weighted by atomic mass is 10.3. The first kappa shape index (κ1) is 14.4. The van der Waals surface area contributed by atoms with Crippen molar-refractivity contribution < 1.29 is 23.0 Å². The first-order valence-corrected chi connectivity index (χ1v) is 5.25. The highest BCUT2D eigenvalue weighted by Crippen LogP contribution is 1.96. The lowest BCUT2D eigenvalue weighted by Gasteiger charge is -1.92. The van der Waals surface area contributed by atoms with Gasteiger partial charge in [-0.1, -0.05) is 19.8 Å². The van der Waals surface area contributed by atoms with Crippen LogP contribution in [0.2, 0.25) is 0 Å². The van der Waals surface area contributed by atoms with Gasteiger partial charge in [0, 0.05) is 0 Å². The molecule has 5 nitrogen and oxygen atoms in total. The summed E-state index contributed by atoms with van der Waals surface area (Å²) >= 11 is 0. The van der Waals surface area contributed by atoms with Crippen LogP contribution in [-0.2, 0) is 10.1 Å². The van der Waals surface area contributed by atoms with E-state index < -0.39 is 17.8 Å². The number of rotatable bonds is 4. The van der Waals surface area contributed by atoms with E-state index in [0.717, 1.165) is 12.8 Å². The average molecular weight is 198 g/mol. The van der Waals surface area contributed by atoms with Gasteiger partial charge in [0.2, 0.25) is 0 Å². The zero-order chi connectivity index (χ0) is 10.0. The van der Waals surface area contributed by atoms with Crippen LogP contribution in [0, 0.1) is 0 Å². The first-order chi connectivity index (χ1) is 5.47. The molecule has 0 heterocycles. The van der Waals surface area contributed by atoms with E-state index in [1.807, 2.05) is 6.92 Å². The zero-order valence-corrected chi connectivity index (χ0v) is 7.92. The van der Waals surface area contributed by atoms with Crippen LogP contribution in [-0.4, -0.2) is 36.5 Å². The maximum absolute atomic E-state index is 10.1. The molecule has 0 rings (SSSR count). The van der Waals surface area contributed by atoms with E-state index in [-0.39, 0.29) is 5.75 Å². The van der Waals surface area contributed by atoms with Crippen LogP contribution in [0.3, 0.4) is 0 Å². The lowest BCUT2D eigenvalue weighted by Crippen LogP contribution is -2.02. The largest absolute Gasteiger partial charge is 0.432 e. The summed E-state index contributed by atoms with van der Waals surface area (Å²) in [5.41, 5.74) is 0. The normalized spacial score (nSPS) is 10.0. The van der Waals surface area contributed by atoms with Gasteiger partial charge in [-0.05, 0) is 6.42 Å². The Bertz CT molecular complexity index is 167. The molecule has 0 spiro atoms. The molecule has 7 heteroatoms. The summed E-state index contributed by atoms with van der Waals surface area (Å²) in [6, 6.07) is 0. The quantitative estimate of drug-likeness (QED) is 0.315. The smallest absolute Gasteiger partial charge is 0.430 e. The molecule has 0 radical (unpaired) electrons. The number of hydrogen-bond acceptors (Lipinski definition) is 4. The Morgan fingerprint density at radius 3 is 1.92 bits per heavy atom. The van der Waals surface area contributed by atoms with E-state index in [2.05, 4.69) is 0 Å². The van der Waals surface area contributed by atoms with Crippen molar-refractivity contribution >= 4 is 17.8 Å². The van der Waals surface area contributed by atoms with Gasteiger partial charge in [-0.3, -0.25) is 4.55 Å². The Labute approximate surface area is 73.5 Å². The fourth-order valence-corrected chi connectivity index (χ4v) is 1.10. The maximum Gasteiger partial charge on any atom is 0.432 e. The number of hydrogen-bond donors (Lipinski definition) is 3. The van der Waals surface area contributed by atoms with E-state index in [0.29, 0.717) is 6.42 Å². The second-order valence-corrected chi connectivity index (χ2v) is 3.71. The van der Waals surface area contributed by atoms with Crippen molar-refractivity contribution in [1.29, 1.82) is 0 Å². The van der Waals surface area contributed by atoms with Gasteiger partial charge in [0.25, 0.3) is 10.1 Å². The third-order valence-corrected chi connectivity index (χ3v) is 1.81. The summed E-state index contributed by atoms with van der Waals surface area (Å²) in [5, 5.41) is 14.2. The van der Waals surface area contributed by atoms with Crippen molar-refractivity contribution in [2.45, 2.75) is 26.2 Å². The van der Waals surface area contributed by atoms with Crippen LogP contribution in [0.25, 0.3) is 0 Å². The topological polar surface area (TPSA) is 94.8 Å². The molecule has 0 saturated heterocycles. The summed E-state index contributed by atoms with van der Waals surface area (Å²) in [6.45, 7) is 1.98. The minimum absolute atomic E-state index is 0.0964. The lowest BCUT2D eigenvalue weighted by molar-refractivity contribution is 0.448. The molecule has 0 unspecified atom stereocenters. The highest BCUT2D eigenvalue weighted by molar-refractivity contribution is 7.85. The summed E-state index contributed by atoms with van der Waals surface area (Å²) < 4.78 is 28.3. The summed E-state index contributed by atoms with van der Waals surface area (Å²) in [6.07, 6.45) is 2.39. The first-order valence-electron chi connectivity index (χ1n) is 3.64. The van der Waals surface area contributed by atoms with Crippen molar-refractivity contribution in [3.8, 4) is 0 Å². The molecule has 0 aromatic carbocycles. The highest BCUT2D eigenvalue weighted by Gasteiger charge is 2.01. The predicted octanol–water partition coefficient (Wildman–Crippen LogP) is -0.698. The van der Waals surface area contributed by atoms with Crippen molar-refractivity contribution in [1.82, 2.24) is 0 Å².